The first-order valence-corrected chi connectivity index (χ1v) is 6.91. The number of nitrogens with two attached hydrogens (primary N) is 1. The van der Waals surface area contributed by atoms with Crippen LogP contribution in [0, 0.1) is 5.82 Å². The van der Waals surface area contributed by atoms with E-state index in [9.17, 15) is 9.18 Å². The molecule has 4 nitrogen and oxygen atoms in total. The van der Waals surface area contributed by atoms with Crippen LogP contribution in [-0.2, 0) is 6.54 Å². The molecule has 0 atom stereocenters. The predicted molar refractivity (Wildman–Crippen MR) is 77.9 cm³/mol. The molecule has 3 rings (SSSR count). The monoisotopic (exact) mass is 285 g/mol. The lowest BCUT2D eigenvalue weighted by Gasteiger charge is -2.23. The lowest BCUT2D eigenvalue weighted by Crippen LogP contribution is -2.33. The molecule has 21 heavy (non-hydrogen) atoms. The maximum atomic E-state index is 12.9. The van der Waals surface area contributed by atoms with Crippen LogP contribution in [-0.4, -0.2) is 21.8 Å². The Kier molecular flexibility index (Phi) is 3.56. The van der Waals surface area contributed by atoms with Crippen molar-refractivity contribution in [1.82, 2.24) is 9.88 Å². The number of carbonyl (C=O) groups excluding carboxylic acids is 1. The third-order valence-corrected chi connectivity index (χ3v) is 3.59. The molecule has 0 unspecified atom stereocenters. The van der Waals surface area contributed by atoms with Crippen LogP contribution in [0.4, 0.5) is 10.1 Å². The van der Waals surface area contributed by atoms with E-state index in [0.717, 1.165) is 24.6 Å². The molecule has 0 aliphatic heterocycles. The lowest BCUT2D eigenvalue weighted by molar-refractivity contribution is 0.0724. The number of halogens is 1. The third kappa shape index (κ3) is 3.02. The summed E-state index contributed by atoms with van der Waals surface area (Å²) in [5, 5.41) is 0. The number of aromatic nitrogens is 1. The van der Waals surface area contributed by atoms with Crippen LogP contribution in [0.3, 0.4) is 0 Å². The van der Waals surface area contributed by atoms with Gasteiger partial charge in [-0.2, -0.15) is 0 Å². The normalized spacial score (nSPS) is 14.0. The molecule has 1 aliphatic rings. The van der Waals surface area contributed by atoms with Crippen molar-refractivity contribution in [2.45, 2.75) is 25.4 Å². The number of rotatable bonds is 4. The highest BCUT2D eigenvalue weighted by molar-refractivity contribution is 5.92. The second-order valence-electron chi connectivity index (χ2n) is 5.22. The molecule has 1 fully saturated rings. The molecule has 1 amide bonds. The molecule has 1 saturated carbocycles. The third-order valence-electron chi connectivity index (χ3n) is 3.59. The number of anilines is 1. The number of nitrogen functional groups attached to an aromatic ring is 1. The van der Waals surface area contributed by atoms with Crippen molar-refractivity contribution in [3.05, 3.63) is 59.7 Å². The van der Waals surface area contributed by atoms with Gasteiger partial charge < -0.3 is 10.6 Å². The van der Waals surface area contributed by atoms with Gasteiger partial charge in [0, 0.05) is 18.3 Å². The molecular weight excluding hydrogens is 269 g/mol. The van der Waals surface area contributed by atoms with Gasteiger partial charge in [-0.3, -0.25) is 4.79 Å². The SMILES string of the molecule is Nc1ccccc1CN(C(=O)c1ccc(F)cn1)C1CC1. The number of para-hydroxylation sites is 1. The summed E-state index contributed by atoms with van der Waals surface area (Å²) in [7, 11) is 0. The van der Waals surface area contributed by atoms with E-state index in [-0.39, 0.29) is 17.6 Å². The highest BCUT2D eigenvalue weighted by Gasteiger charge is 2.33. The predicted octanol–water partition coefficient (Wildman–Crippen LogP) is 2.61. The fourth-order valence-corrected chi connectivity index (χ4v) is 2.26. The summed E-state index contributed by atoms with van der Waals surface area (Å²) in [6, 6.07) is 10.4. The Hall–Kier alpha value is -2.43. The standard InChI is InChI=1S/C16H16FN3O/c17-12-5-8-15(19-9-12)16(21)20(13-6-7-13)10-11-3-1-2-4-14(11)18/h1-5,8-9,13H,6-7,10,18H2. The van der Waals surface area contributed by atoms with Gasteiger partial charge in [0.1, 0.15) is 11.5 Å². The molecule has 0 saturated heterocycles. The number of pyridine rings is 1. The number of benzene rings is 1. The van der Waals surface area contributed by atoms with Gasteiger partial charge in [-0.15, -0.1) is 0 Å². The zero-order valence-electron chi connectivity index (χ0n) is 11.5. The van der Waals surface area contributed by atoms with Crippen LogP contribution in [0.1, 0.15) is 28.9 Å². The summed E-state index contributed by atoms with van der Waals surface area (Å²) >= 11 is 0. The van der Waals surface area contributed by atoms with E-state index in [1.807, 2.05) is 24.3 Å². The number of carbonyl (C=O) groups is 1. The van der Waals surface area contributed by atoms with E-state index in [1.54, 1.807) is 4.90 Å². The van der Waals surface area contributed by atoms with E-state index >= 15 is 0 Å². The first-order valence-electron chi connectivity index (χ1n) is 6.91. The van der Waals surface area contributed by atoms with Crippen molar-refractivity contribution >= 4 is 11.6 Å². The molecular formula is C16H16FN3O. The number of amides is 1. The van der Waals surface area contributed by atoms with Gasteiger partial charge in [0.2, 0.25) is 0 Å². The Labute approximate surface area is 122 Å². The summed E-state index contributed by atoms with van der Waals surface area (Å²) in [6.45, 7) is 0.454. The van der Waals surface area contributed by atoms with E-state index in [4.69, 9.17) is 5.73 Å². The van der Waals surface area contributed by atoms with Gasteiger partial charge in [-0.25, -0.2) is 9.37 Å². The molecule has 1 heterocycles. The van der Waals surface area contributed by atoms with Crippen molar-refractivity contribution in [3.63, 3.8) is 0 Å². The molecule has 5 heteroatoms. The smallest absolute Gasteiger partial charge is 0.272 e. The van der Waals surface area contributed by atoms with Crippen molar-refractivity contribution in [1.29, 1.82) is 0 Å². The summed E-state index contributed by atoms with van der Waals surface area (Å²) in [5.41, 5.74) is 7.79. The van der Waals surface area contributed by atoms with Crippen LogP contribution < -0.4 is 5.73 Å². The minimum Gasteiger partial charge on any atom is -0.398 e. The van der Waals surface area contributed by atoms with Gasteiger partial charge in [0.25, 0.3) is 5.91 Å². The summed E-state index contributed by atoms with van der Waals surface area (Å²) in [4.78, 5) is 18.2. The first kappa shape index (κ1) is 13.5. The molecule has 0 bridgehead atoms. The minimum atomic E-state index is -0.447. The van der Waals surface area contributed by atoms with Crippen molar-refractivity contribution < 1.29 is 9.18 Å². The largest absolute Gasteiger partial charge is 0.398 e. The van der Waals surface area contributed by atoms with E-state index in [1.165, 1.54) is 12.1 Å². The molecule has 2 aromatic rings. The van der Waals surface area contributed by atoms with Gasteiger partial charge in [-0.05, 0) is 36.6 Å². The van der Waals surface area contributed by atoms with Crippen molar-refractivity contribution in [3.8, 4) is 0 Å². The molecule has 1 aromatic carbocycles. The second kappa shape index (κ2) is 5.52. The lowest BCUT2D eigenvalue weighted by atomic mass is 10.1. The zero-order valence-corrected chi connectivity index (χ0v) is 11.5. The van der Waals surface area contributed by atoms with Gasteiger partial charge in [-0.1, -0.05) is 18.2 Å². The highest BCUT2D eigenvalue weighted by Crippen LogP contribution is 2.30. The van der Waals surface area contributed by atoms with Crippen molar-refractivity contribution in [2.24, 2.45) is 0 Å². The average molecular weight is 285 g/mol. The topological polar surface area (TPSA) is 59.2 Å². The maximum absolute atomic E-state index is 12.9. The van der Waals surface area contributed by atoms with Gasteiger partial charge >= 0.3 is 0 Å². The number of hydrogen-bond acceptors (Lipinski definition) is 3. The van der Waals surface area contributed by atoms with E-state index in [0.29, 0.717) is 12.2 Å². The Morgan fingerprint density at radius 3 is 2.67 bits per heavy atom. The average Bonchev–Trinajstić information content (AvgIpc) is 3.31. The maximum Gasteiger partial charge on any atom is 0.272 e. The molecule has 0 spiro atoms. The molecule has 1 aromatic heterocycles. The van der Waals surface area contributed by atoms with Crippen molar-refractivity contribution in [2.75, 3.05) is 5.73 Å². The fourth-order valence-electron chi connectivity index (χ4n) is 2.26. The van der Waals surface area contributed by atoms with Crippen LogP contribution in [0.5, 0.6) is 0 Å². The Balaban J connectivity index is 1.83. The molecule has 108 valence electrons. The second-order valence-corrected chi connectivity index (χ2v) is 5.22. The van der Waals surface area contributed by atoms with Crippen LogP contribution in [0.15, 0.2) is 42.6 Å². The minimum absolute atomic E-state index is 0.180. The molecule has 2 N–H and O–H groups in total. The van der Waals surface area contributed by atoms with Crippen LogP contribution in [0.25, 0.3) is 0 Å². The highest BCUT2D eigenvalue weighted by atomic mass is 19.1. The summed E-state index contributed by atoms with van der Waals surface area (Å²) < 4.78 is 12.9. The van der Waals surface area contributed by atoms with Crippen LogP contribution >= 0.6 is 0 Å². The summed E-state index contributed by atoms with van der Waals surface area (Å²) in [6.07, 6.45) is 3.04. The van der Waals surface area contributed by atoms with E-state index < -0.39 is 5.82 Å². The number of hydrogen-bond donors (Lipinski definition) is 1. The number of nitrogens with zero attached hydrogens (tertiary/aromatic N) is 2. The quantitative estimate of drug-likeness (QED) is 0.878. The first-order chi connectivity index (χ1) is 10.1. The summed E-state index contributed by atoms with van der Waals surface area (Å²) in [5.74, 6) is -0.627. The van der Waals surface area contributed by atoms with Gasteiger partial charge in [0.05, 0.1) is 6.20 Å². The zero-order chi connectivity index (χ0) is 14.8. The Morgan fingerprint density at radius 2 is 2.05 bits per heavy atom. The Bertz CT molecular complexity index is 653. The van der Waals surface area contributed by atoms with E-state index in [2.05, 4.69) is 4.98 Å². The van der Waals surface area contributed by atoms with Crippen LogP contribution in [0.2, 0.25) is 0 Å². The Morgan fingerprint density at radius 1 is 1.29 bits per heavy atom. The van der Waals surface area contributed by atoms with Gasteiger partial charge in [0.15, 0.2) is 0 Å². The molecule has 0 radical (unpaired) electrons. The molecule has 1 aliphatic carbocycles. The fraction of sp³-hybridized carbons (Fsp3) is 0.250.